The van der Waals surface area contributed by atoms with Gasteiger partial charge in [-0.25, -0.2) is 9.59 Å². The Morgan fingerprint density at radius 2 is 1.21 bits per heavy atom. The summed E-state index contributed by atoms with van der Waals surface area (Å²) in [6.07, 6.45) is -0.395. The molecule has 3 aromatic rings. The second-order valence-electron chi connectivity index (χ2n) is 14.4. The second kappa shape index (κ2) is 21.5. The molecule has 0 radical (unpaired) electrons. The zero-order valence-electron chi connectivity index (χ0n) is 32.2. The minimum Gasteiger partial charge on any atom is -0.459 e. The summed E-state index contributed by atoms with van der Waals surface area (Å²) in [5, 5.41) is 23.7. The van der Waals surface area contributed by atoms with Crippen molar-refractivity contribution in [2.75, 3.05) is 13.1 Å². The Bertz CT molecular complexity index is 1800. The largest absolute Gasteiger partial charge is 0.459 e. The predicted molar refractivity (Wildman–Crippen MR) is 206 cm³/mol. The fraction of sp³-hybridized carbons (Fsp3) is 0.400. The Morgan fingerprint density at radius 3 is 1.75 bits per heavy atom. The highest BCUT2D eigenvalue weighted by Crippen LogP contribution is 2.14. The maximum absolute atomic E-state index is 13.8. The van der Waals surface area contributed by atoms with E-state index in [0.29, 0.717) is 11.1 Å². The van der Waals surface area contributed by atoms with Crippen molar-refractivity contribution in [3.05, 3.63) is 112 Å². The minimum absolute atomic E-state index is 0.0286. The van der Waals surface area contributed by atoms with E-state index < -0.39 is 77.4 Å². The molecule has 3 atom stereocenters. The highest BCUT2D eigenvalue weighted by Gasteiger charge is 2.29. The van der Waals surface area contributed by atoms with Gasteiger partial charge in [-0.15, -0.1) is 0 Å². The van der Waals surface area contributed by atoms with Gasteiger partial charge >= 0.3 is 12.1 Å². The van der Waals surface area contributed by atoms with Crippen LogP contribution in [0.3, 0.4) is 0 Å². The van der Waals surface area contributed by atoms with Gasteiger partial charge in [0, 0.05) is 25.0 Å². The Morgan fingerprint density at radius 1 is 0.661 bits per heavy atom. The Kier molecular flexibility index (Phi) is 17.0. The van der Waals surface area contributed by atoms with Crippen molar-refractivity contribution >= 4 is 41.4 Å². The number of carbonyl (C=O) groups is 6. The van der Waals surface area contributed by atoms with Gasteiger partial charge in [0.05, 0.1) is 18.0 Å². The van der Waals surface area contributed by atoms with Crippen LogP contribution in [-0.4, -0.2) is 77.4 Å². The number of nitro benzene ring substituents is 1. The molecule has 16 nitrogen and oxygen atoms in total. The predicted octanol–water partition coefficient (Wildman–Crippen LogP) is 3.26. The van der Waals surface area contributed by atoms with Gasteiger partial charge in [0.1, 0.15) is 30.3 Å². The fourth-order valence-electron chi connectivity index (χ4n) is 5.27. The molecule has 0 saturated heterocycles. The number of nitro groups is 1. The highest BCUT2D eigenvalue weighted by molar-refractivity contribution is 5.93. The first-order valence-corrected chi connectivity index (χ1v) is 18.1. The third kappa shape index (κ3) is 16.4. The first kappa shape index (κ1) is 44.1. The first-order chi connectivity index (χ1) is 26.5. The lowest BCUT2D eigenvalue weighted by atomic mass is 10.0. The molecule has 16 heteroatoms. The highest BCUT2D eigenvalue weighted by atomic mass is 16.6. The quantitative estimate of drug-likeness (QED) is 0.0679. The molecule has 3 aromatic carbocycles. The zero-order valence-corrected chi connectivity index (χ0v) is 32.2. The molecular weight excluding hydrogens is 724 g/mol. The van der Waals surface area contributed by atoms with Crippen LogP contribution < -0.4 is 26.6 Å². The number of non-ortho nitro benzene ring substituents is 1. The molecule has 0 saturated carbocycles. The molecular formula is C40H50N6O10. The van der Waals surface area contributed by atoms with E-state index in [0.717, 1.165) is 5.56 Å². The van der Waals surface area contributed by atoms with Crippen molar-refractivity contribution in [1.82, 2.24) is 26.6 Å². The van der Waals surface area contributed by atoms with Crippen LogP contribution in [0.1, 0.15) is 57.7 Å². The number of amides is 5. The number of esters is 1. The van der Waals surface area contributed by atoms with Crippen molar-refractivity contribution < 1.29 is 43.2 Å². The number of benzene rings is 3. The van der Waals surface area contributed by atoms with E-state index in [1.165, 1.54) is 24.3 Å². The topological polar surface area (TPSA) is 224 Å². The number of rotatable bonds is 19. The number of nitrogens with zero attached hydrogens (tertiary/aromatic N) is 1. The normalized spacial score (nSPS) is 12.6. The van der Waals surface area contributed by atoms with Crippen LogP contribution in [-0.2, 0) is 52.9 Å². The molecule has 0 bridgehead atoms. The molecule has 56 heavy (non-hydrogen) atoms. The van der Waals surface area contributed by atoms with Gasteiger partial charge in [0.2, 0.25) is 23.6 Å². The van der Waals surface area contributed by atoms with Gasteiger partial charge in [-0.05, 0) is 61.9 Å². The third-order valence-electron chi connectivity index (χ3n) is 7.93. The van der Waals surface area contributed by atoms with Crippen LogP contribution in [0.2, 0.25) is 0 Å². The van der Waals surface area contributed by atoms with E-state index in [4.69, 9.17) is 9.47 Å². The van der Waals surface area contributed by atoms with Gasteiger partial charge in [-0.2, -0.15) is 0 Å². The maximum Gasteiger partial charge on any atom is 0.408 e. The summed E-state index contributed by atoms with van der Waals surface area (Å²) < 4.78 is 10.8. The Hall–Kier alpha value is -6.32. The molecule has 3 rings (SSSR count). The zero-order chi connectivity index (χ0) is 41.3. The van der Waals surface area contributed by atoms with Crippen LogP contribution >= 0.6 is 0 Å². The summed E-state index contributed by atoms with van der Waals surface area (Å²) in [6, 6.07) is 19.9. The average Bonchev–Trinajstić information content (AvgIpc) is 3.14. The SMILES string of the molecule is CC(C)C[C@@H](NC(=O)OC(C)(C)C)C(=O)NCC(=O)NCC(=O)N[C@H](Cc1ccccc1)C(=O)N[C@@H](Cc1ccccc1)C(=O)OCc1ccc([N+](=O)[O-])cc1. The summed E-state index contributed by atoms with van der Waals surface area (Å²) >= 11 is 0. The van der Waals surface area contributed by atoms with Crippen LogP contribution in [0, 0.1) is 16.0 Å². The summed E-state index contributed by atoms with van der Waals surface area (Å²) in [5.74, 6) is -3.46. The number of ether oxygens (including phenoxy) is 2. The summed E-state index contributed by atoms with van der Waals surface area (Å²) in [7, 11) is 0. The van der Waals surface area contributed by atoms with Crippen molar-refractivity contribution in [3.63, 3.8) is 0 Å². The molecule has 300 valence electrons. The maximum atomic E-state index is 13.8. The Balaban J connectivity index is 1.65. The van der Waals surface area contributed by atoms with Gasteiger partial charge in [-0.3, -0.25) is 29.3 Å². The van der Waals surface area contributed by atoms with Crippen molar-refractivity contribution in [2.45, 2.75) is 84.2 Å². The molecule has 0 aliphatic rings. The van der Waals surface area contributed by atoms with E-state index in [2.05, 4.69) is 26.6 Å². The van der Waals surface area contributed by atoms with Crippen LogP contribution in [0.4, 0.5) is 10.5 Å². The third-order valence-corrected chi connectivity index (χ3v) is 7.93. The molecule has 5 N–H and O–H groups in total. The minimum atomic E-state index is -1.18. The van der Waals surface area contributed by atoms with Crippen LogP contribution in [0.25, 0.3) is 0 Å². The first-order valence-electron chi connectivity index (χ1n) is 18.1. The lowest BCUT2D eigenvalue weighted by molar-refractivity contribution is -0.384. The molecule has 0 spiro atoms. The summed E-state index contributed by atoms with van der Waals surface area (Å²) in [5.41, 5.74) is 1.03. The standard InChI is InChI=1S/C40H50N6O10/c1-26(2)20-31(45-39(52)56-40(3,4)5)36(49)42-23-34(47)41-24-35(48)43-32(21-27-12-8-6-9-13-27)37(50)44-33(22-28-14-10-7-11-15-28)38(51)55-25-29-16-18-30(19-17-29)46(53)54/h6-19,26,31-33H,20-25H2,1-5H3,(H,41,47)(H,42,49)(H,43,48)(H,44,50)(H,45,52)/t31-,32-,33+/m1/s1. The number of hydrogen-bond acceptors (Lipinski definition) is 10. The van der Waals surface area contributed by atoms with E-state index >= 15 is 0 Å². The monoisotopic (exact) mass is 774 g/mol. The lowest BCUT2D eigenvalue weighted by Crippen LogP contribution is -2.55. The second-order valence-corrected chi connectivity index (χ2v) is 14.4. The van der Waals surface area contributed by atoms with Gasteiger partial charge in [-0.1, -0.05) is 74.5 Å². The van der Waals surface area contributed by atoms with Crippen molar-refractivity contribution in [1.29, 1.82) is 0 Å². The lowest BCUT2D eigenvalue weighted by Gasteiger charge is -2.24. The van der Waals surface area contributed by atoms with E-state index in [1.807, 2.05) is 13.8 Å². The fourth-order valence-corrected chi connectivity index (χ4v) is 5.27. The van der Waals surface area contributed by atoms with Crippen molar-refractivity contribution in [3.8, 4) is 0 Å². The molecule has 5 amide bonds. The smallest absolute Gasteiger partial charge is 0.408 e. The van der Waals surface area contributed by atoms with Crippen LogP contribution in [0.5, 0.6) is 0 Å². The summed E-state index contributed by atoms with van der Waals surface area (Å²) in [6.45, 7) is 7.57. The van der Waals surface area contributed by atoms with Gasteiger partial charge in [0.25, 0.3) is 5.69 Å². The molecule has 0 unspecified atom stereocenters. The number of alkyl carbamates (subject to hydrolysis) is 1. The number of carbonyl (C=O) groups excluding carboxylic acids is 6. The van der Waals surface area contributed by atoms with E-state index in [1.54, 1.807) is 81.4 Å². The van der Waals surface area contributed by atoms with E-state index in [9.17, 15) is 38.9 Å². The molecule has 0 fully saturated rings. The van der Waals surface area contributed by atoms with Crippen LogP contribution in [0.15, 0.2) is 84.9 Å². The number of nitrogens with one attached hydrogen (secondary N) is 5. The van der Waals surface area contributed by atoms with Gasteiger partial charge < -0.3 is 36.1 Å². The molecule has 0 aliphatic heterocycles. The molecule has 0 aromatic heterocycles. The van der Waals surface area contributed by atoms with E-state index in [-0.39, 0.29) is 37.5 Å². The molecule has 0 heterocycles. The number of hydrogen-bond donors (Lipinski definition) is 5. The summed E-state index contributed by atoms with van der Waals surface area (Å²) in [4.78, 5) is 88.6. The van der Waals surface area contributed by atoms with Crippen molar-refractivity contribution in [2.24, 2.45) is 5.92 Å². The van der Waals surface area contributed by atoms with Gasteiger partial charge in [0.15, 0.2) is 0 Å². The Labute approximate surface area is 325 Å². The average molecular weight is 775 g/mol. The molecule has 0 aliphatic carbocycles.